The molecule has 22 heavy (non-hydrogen) atoms. The molecule has 1 N–H and O–H groups in total. The Kier molecular flexibility index (Phi) is 4.20. The van der Waals surface area contributed by atoms with Gasteiger partial charge in [-0.1, -0.05) is 35.9 Å². The van der Waals surface area contributed by atoms with Crippen LogP contribution in [0, 0.1) is 0 Å². The molecule has 1 unspecified atom stereocenters. The third kappa shape index (κ3) is 3.02. The smallest absolute Gasteiger partial charge is 0.311 e. The van der Waals surface area contributed by atoms with E-state index >= 15 is 0 Å². The Morgan fingerprint density at radius 1 is 1.14 bits per heavy atom. The molecule has 1 atom stereocenters. The van der Waals surface area contributed by atoms with Crippen LogP contribution >= 0.6 is 11.6 Å². The van der Waals surface area contributed by atoms with Crippen LogP contribution in [0.25, 0.3) is 0 Å². The van der Waals surface area contributed by atoms with Crippen molar-refractivity contribution in [2.45, 2.75) is 12.3 Å². The number of aliphatic carboxylic acids is 1. The number of fused-ring (bicyclic) bond motifs is 1. The van der Waals surface area contributed by atoms with Gasteiger partial charge in [0.25, 0.3) is 0 Å². The van der Waals surface area contributed by atoms with Gasteiger partial charge in [0.15, 0.2) is 11.5 Å². The van der Waals surface area contributed by atoms with Crippen molar-refractivity contribution in [3.63, 3.8) is 0 Å². The number of benzene rings is 2. The van der Waals surface area contributed by atoms with Crippen molar-refractivity contribution < 1.29 is 19.4 Å². The summed E-state index contributed by atoms with van der Waals surface area (Å²) in [6.45, 7) is 0.979. The fraction of sp³-hybridized carbons (Fsp3) is 0.235. The van der Waals surface area contributed by atoms with Crippen LogP contribution in [0.3, 0.4) is 0 Å². The van der Waals surface area contributed by atoms with Gasteiger partial charge < -0.3 is 14.6 Å². The molecule has 0 aromatic heterocycles. The Morgan fingerprint density at radius 3 is 2.59 bits per heavy atom. The van der Waals surface area contributed by atoms with Crippen molar-refractivity contribution in [2.75, 3.05) is 13.2 Å². The van der Waals surface area contributed by atoms with Crippen LogP contribution in [0.2, 0.25) is 5.02 Å². The average molecular weight is 319 g/mol. The van der Waals surface area contributed by atoms with Crippen LogP contribution in [0.1, 0.15) is 17.0 Å². The maximum absolute atomic E-state index is 11.7. The summed E-state index contributed by atoms with van der Waals surface area (Å²) in [6.07, 6.45) is 0.328. The quantitative estimate of drug-likeness (QED) is 0.937. The van der Waals surface area contributed by atoms with Crippen molar-refractivity contribution in [2.24, 2.45) is 0 Å². The highest BCUT2D eigenvalue weighted by atomic mass is 35.5. The summed E-state index contributed by atoms with van der Waals surface area (Å²) in [5.41, 5.74) is 1.49. The molecule has 0 saturated heterocycles. The second-order valence-electron chi connectivity index (χ2n) is 5.09. The molecular weight excluding hydrogens is 304 g/mol. The van der Waals surface area contributed by atoms with E-state index in [2.05, 4.69) is 0 Å². The fourth-order valence-corrected chi connectivity index (χ4v) is 2.72. The predicted octanol–water partition coefficient (Wildman–Crippen LogP) is 3.52. The molecule has 3 rings (SSSR count). The first-order valence-corrected chi connectivity index (χ1v) is 7.38. The molecule has 0 aliphatic carbocycles. The van der Waals surface area contributed by atoms with Gasteiger partial charge in [-0.3, -0.25) is 4.79 Å². The minimum Gasteiger partial charge on any atom is -0.486 e. The number of ether oxygens (including phenoxy) is 2. The van der Waals surface area contributed by atoms with E-state index in [9.17, 15) is 9.90 Å². The first-order valence-electron chi connectivity index (χ1n) is 7.01. The molecular formula is C17H15ClO4. The number of hydrogen-bond acceptors (Lipinski definition) is 3. The van der Waals surface area contributed by atoms with Crippen molar-refractivity contribution >= 4 is 17.6 Å². The molecule has 1 aliphatic heterocycles. The van der Waals surface area contributed by atoms with Crippen molar-refractivity contribution in [1.29, 1.82) is 0 Å². The molecule has 2 aromatic carbocycles. The highest BCUT2D eigenvalue weighted by Crippen LogP contribution is 2.34. The van der Waals surface area contributed by atoms with E-state index in [1.807, 2.05) is 18.2 Å². The summed E-state index contributed by atoms with van der Waals surface area (Å²) in [5, 5.41) is 10.1. The third-order valence-electron chi connectivity index (χ3n) is 3.65. The highest BCUT2D eigenvalue weighted by molar-refractivity contribution is 6.31. The average Bonchev–Trinajstić information content (AvgIpc) is 2.53. The van der Waals surface area contributed by atoms with Gasteiger partial charge in [-0.05, 0) is 35.7 Å². The molecule has 2 aromatic rings. The van der Waals surface area contributed by atoms with Gasteiger partial charge in [-0.15, -0.1) is 0 Å². The van der Waals surface area contributed by atoms with Crippen LogP contribution in [0.5, 0.6) is 11.5 Å². The maximum Gasteiger partial charge on any atom is 0.311 e. The van der Waals surface area contributed by atoms with Gasteiger partial charge in [-0.2, -0.15) is 0 Å². The zero-order chi connectivity index (χ0) is 15.5. The SMILES string of the molecule is O=C(O)C(Cc1ccccc1Cl)c1ccc2c(c1)OCCO2. The molecule has 114 valence electrons. The van der Waals surface area contributed by atoms with Crippen molar-refractivity contribution in [3.8, 4) is 11.5 Å². The Labute approximate surface area is 133 Å². The maximum atomic E-state index is 11.7. The number of rotatable bonds is 4. The lowest BCUT2D eigenvalue weighted by Gasteiger charge is -2.21. The van der Waals surface area contributed by atoms with E-state index in [0.29, 0.717) is 41.7 Å². The van der Waals surface area contributed by atoms with Crippen LogP contribution in [0.15, 0.2) is 42.5 Å². The number of hydrogen-bond donors (Lipinski definition) is 1. The van der Waals surface area contributed by atoms with Gasteiger partial charge in [-0.25, -0.2) is 0 Å². The second kappa shape index (κ2) is 6.28. The Balaban J connectivity index is 1.91. The standard InChI is InChI=1S/C17H15ClO4/c18-14-4-2-1-3-12(14)9-13(17(19)20)11-5-6-15-16(10-11)22-8-7-21-15/h1-6,10,13H,7-9H2,(H,19,20). The molecule has 0 amide bonds. The molecule has 5 heteroatoms. The van der Waals surface area contributed by atoms with Crippen LogP contribution in [0.4, 0.5) is 0 Å². The lowest BCUT2D eigenvalue weighted by molar-refractivity contribution is -0.138. The van der Waals surface area contributed by atoms with Crippen molar-refractivity contribution in [1.82, 2.24) is 0 Å². The first-order chi connectivity index (χ1) is 10.6. The normalized spacial score (nSPS) is 14.4. The second-order valence-corrected chi connectivity index (χ2v) is 5.50. The first kappa shape index (κ1) is 14.7. The summed E-state index contributed by atoms with van der Waals surface area (Å²) >= 11 is 6.14. The lowest BCUT2D eigenvalue weighted by Crippen LogP contribution is -2.18. The predicted molar refractivity (Wildman–Crippen MR) is 83.0 cm³/mol. The molecule has 4 nitrogen and oxygen atoms in total. The van der Waals surface area contributed by atoms with E-state index in [0.717, 1.165) is 5.56 Å². The van der Waals surface area contributed by atoms with E-state index in [1.54, 1.807) is 24.3 Å². The molecule has 0 spiro atoms. The van der Waals surface area contributed by atoms with Gasteiger partial charge in [0.2, 0.25) is 0 Å². The molecule has 1 aliphatic rings. The number of carboxylic acid groups (broad SMARTS) is 1. The highest BCUT2D eigenvalue weighted by Gasteiger charge is 2.23. The zero-order valence-corrected chi connectivity index (χ0v) is 12.5. The fourth-order valence-electron chi connectivity index (χ4n) is 2.51. The Bertz CT molecular complexity index is 699. The largest absolute Gasteiger partial charge is 0.486 e. The minimum atomic E-state index is -0.892. The third-order valence-corrected chi connectivity index (χ3v) is 4.02. The van der Waals surface area contributed by atoms with Crippen LogP contribution < -0.4 is 9.47 Å². The van der Waals surface area contributed by atoms with Gasteiger partial charge in [0.05, 0.1) is 5.92 Å². The molecule has 1 heterocycles. The lowest BCUT2D eigenvalue weighted by atomic mass is 9.91. The number of carboxylic acids is 1. The Morgan fingerprint density at radius 2 is 1.86 bits per heavy atom. The van der Waals surface area contributed by atoms with Gasteiger partial charge in [0.1, 0.15) is 13.2 Å². The number of halogens is 1. The van der Waals surface area contributed by atoms with E-state index < -0.39 is 11.9 Å². The summed E-state index contributed by atoms with van der Waals surface area (Å²) in [7, 11) is 0. The molecule has 0 saturated carbocycles. The monoisotopic (exact) mass is 318 g/mol. The Hall–Kier alpha value is -2.20. The van der Waals surface area contributed by atoms with Crippen molar-refractivity contribution in [3.05, 3.63) is 58.6 Å². The zero-order valence-electron chi connectivity index (χ0n) is 11.8. The summed E-state index contributed by atoms with van der Waals surface area (Å²) in [6, 6.07) is 12.5. The van der Waals surface area contributed by atoms with Crippen LogP contribution in [-0.4, -0.2) is 24.3 Å². The molecule has 0 radical (unpaired) electrons. The molecule has 0 fully saturated rings. The molecule has 0 bridgehead atoms. The van der Waals surface area contributed by atoms with E-state index in [-0.39, 0.29) is 0 Å². The summed E-state index contributed by atoms with van der Waals surface area (Å²) in [5.74, 6) is -0.335. The topological polar surface area (TPSA) is 55.8 Å². The van der Waals surface area contributed by atoms with Gasteiger partial charge in [0, 0.05) is 5.02 Å². The van der Waals surface area contributed by atoms with Gasteiger partial charge >= 0.3 is 5.97 Å². The summed E-state index contributed by atoms with van der Waals surface area (Å²) in [4.78, 5) is 11.7. The van der Waals surface area contributed by atoms with E-state index in [1.165, 1.54) is 0 Å². The summed E-state index contributed by atoms with van der Waals surface area (Å²) < 4.78 is 11.0. The van der Waals surface area contributed by atoms with E-state index in [4.69, 9.17) is 21.1 Å². The minimum absolute atomic E-state index is 0.328. The van der Waals surface area contributed by atoms with Crippen LogP contribution in [-0.2, 0) is 11.2 Å². The number of carbonyl (C=O) groups is 1.